The fourth-order valence-electron chi connectivity index (χ4n) is 2.27. The van der Waals surface area contributed by atoms with Crippen LogP contribution in [-0.2, 0) is 0 Å². The molecule has 1 aromatic rings. The average Bonchev–Trinajstić information content (AvgIpc) is 2.38. The van der Waals surface area contributed by atoms with Crippen molar-refractivity contribution in [3.63, 3.8) is 0 Å². The Morgan fingerprint density at radius 1 is 1.56 bits per heavy atom. The molecule has 2 rings (SSSR count). The van der Waals surface area contributed by atoms with E-state index in [9.17, 15) is 4.79 Å². The van der Waals surface area contributed by atoms with E-state index < -0.39 is 0 Å². The Balaban J connectivity index is 2.15. The van der Waals surface area contributed by atoms with Gasteiger partial charge in [0.25, 0.3) is 5.91 Å². The number of anilines is 1. The smallest absolute Gasteiger partial charge is 0.255 e. The molecule has 0 spiro atoms. The maximum absolute atomic E-state index is 12.4. The summed E-state index contributed by atoms with van der Waals surface area (Å²) in [7, 11) is 1.93. The number of piperidine rings is 1. The fraction of sp³-hybridized carbons (Fsp3) is 0.462. The molecule has 0 saturated carbocycles. The lowest BCUT2D eigenvalue weighted by Crippen LogP contribution is -2.47. The zero-order valence-corrected chi connectivity index (χ0v) is 11.2. The summed E-state index contributed by atoms with van der Waals surface area (Å²) in [6.45, 7) is 1.52. The molecule has 1 atom stereocenters. The van der Waals surface area contributed by atoms with Gasteiger partial charge in [-0.25, -0.2) is 0 Å². The van der Waals surface area contributed by atoms with Gasteiger partial charge in [-0.2, -0.15) is 0 Å². The summed E-state index contributed by atoms with van der Waals surface area (Å²) in [6.07, 6.45) is 2.12. The van der Waals surface area contributed by atoms with Crippen LogP contribution in [-0.4, -0.2) is 37.0 Å². The Labute approximate surface area is 112 Å². The molecule has 18 heavy (non-hydrogen) atoms. The van der Waals surface area contributed by atoms with Crippen LogP contribution in [0.5, 0.6) is 0 Å². The lowest BCUT2D eigenvalue weighted by Gasteiger charge is -2.32. The van der Waals surface area contributed by atoms with E-state index >= 15 is 0 Å². The van der Waals surface area contributed by atoms with Gasteiger partial charge < -0.3 is 16.0 Å². The summed E-state index contributed by atoms with van der Waals surface area (Å²) in [6, 6.07) is 5.39. The van der Waals surface area contributed by atoms with E-state index in [-0.39, 0.29) is 5.91 Å². The number of amides is 1. The molecule has 0 aromatic heterocycles. The van der Waals surface area contributed by atoms with Crippen LogP contribution in [0, 0.1) is 0 Å². The monoisotopic (exact) mass is 267 g/mol. The first-order valence-corrected chi connectivity index (χ1v) is 6.51. The van der Waals surface area contributed by atoms with Crippen LogP contribution >= 0.6 is 11.6 Å². The summed E-state index contributed by atoms with van der Waals surface area (Å²) < 4.78 is 0. The van der Waals surface area contributed by atoms with Crippen molar-refractivity contribution in [1.29, 1.82) is 0 Å². The van der Waals surface area contributed by atoms with Crippen LogP contribution in [0.1, 0.15) is 23.2 Å². The number of benzene rings is 1. The van der Waals surface area contributed by atoms with Gasteiger partial charge in [0.2, 0.25) is 0 Å². The highest BCUT2D eigenvalue weighted by molar-refractivity contribution is 6.34. The van der Waals surface area contributed by atoms with E-state index in [0.29, 0.717) is 22.3 Å². The van der Waals surface area contributed by atoms with Crippen LogP contribution in [0.3, 0.4) is 0 Å². The SMILES string of the molecule is CNC1CCCN(C(=O)c2ccc(N)cc2Cl)C1. The summed E-state index contributed by atoms with van der Waals surface area (Å²) in [5.41, 5.74) is 6.73. The van der Waals surface area contributed by atoms with Crippen molar-refractivity contribution in [2.24, 2.45) is 0 Å². The van der Waals surface area contributed by atoms with Gasteiger partial charge in [0.05, 0.1) is 10.6 Å². The van der Waals surface area contributed by atoms with Gasteiger partial charge in [-0.15, -0.1) is 0 Å². The second-order valence-corrected chi connectivity index (χ2v) is 5.03. The lowest BCUT2D eigenvalue weighted by molar-refractivity contribution is 0.0698. The Hall–Kier alpha value is -1.26. The van der Waals surface area contributed by atoms with Gasteiger partial charge in [-0.3, -0.25) is 4.79 Å². The van der Waals surface area contributed by atoms with E-state index in [1.165, 1.54) is 0 Å². The van der Waals surface area contributed by atoms with E-state index in [2.05, 4.69) is 5.32 Å². The maximum Gasteiger partial charge on any atom is 0.255 e. The van der Waals surface area contributed by atoms with E-state index in [4.69, 9.17) is 17.3 Å². The highest BCUT2D eigenvalue weighted by atomic mass is 35.5. The summed E-state index contributed by atoms with van der Waals surface area (Å²) in [5.74, 6) is -0.0139. The number of carbonyl (C=O) groups excluding carboxylic acids is 1. The zero-order chi connectivity index (χ0) is 13.1. The second kappa shape index (κ2) is 5.59. The molecular weight excluding hydrogens is 250 g/mol. The number of likely N-dealkylation sites (tertiary alicyclic amines) is 1. The molecule has 4 nitrogen and oxygen atoms in total. The highest BCUT2D eigenvalue weighted by Gasteiger charge is 2.24. The molecule has 1 saturated heterocycles. The molecular formula is C13H18ClN3O. The van der Waals surface area contributed by atoms with Crippen molar-refractivity contribution in [2.75, 3.05) is 25.9 Å². The van der Waals surface area contributed by atoms with Crippen LogP contribution in [0.2, 0.25) is 5.02 Å². The number of halogens is 1. The number of carbonyl (C=O) groups is 1. The van der Waals surface area contributed by atoms with Gasteiger partial charge >= 0.3 is 0 Å². The third kappa shape index (κ3) is 2.76. The second-order valence-electron chi connectivity index (χ2n) is 4.62. The first-order valence-electron chi connectivity index (χ1n) is 6.13. The van der Waals surface area contributed by atoms with Gasteiger partial charge in [-0.05, 0) is 38.1 Å². The van der Waals surface area contributed by atoms with Crippen molar-refractivity contribution >= 4 is 23.2 Å². The number of nitrogens with two attached hydrogens (primary N) is 1. The van der Waals surface area contributed by atoms with Crippen molar-refractivity contribution < 1.29 is 4.79 Å². The van der Waals surface area contributed by atoms with Gasteiger partial charge in [0, 0.05) is 24.8 Å². The van der Waals surface area contributed by atoms with Crippen molar-refractivity contribution in [2.45, 2.75) is 18.9 Å². The molecule has 3 N–H and O–H groups in total. The van der Waals surface area contributed by atoms with Crippen LogP contribution < -0.4 is 11.1 Å². The number of hydrogen-bond acceptors (Lipinski definition) is 3. The molecule has 1 heterocycles. The summed E-state index contributed by atoms with van der Waals surface area (Å²) >= 11 is 6.07. The fourth-order valence-corrected chi connectivity index (χ4v) is 2.54. The summed E-state index contributed by atoms with van der Waals surface area (Å²) in [4.78, 5) is 14.2. The topological polar surface area (TPSA) is 58.4 Å². The number of nitrogens with zero attached hydrogens (tertiary/aromatic N) is 1. The molecule has 1 fully saturated rings. The minimum Gasteiger partial charge on any atom is -0.399 e. The summed E-state index contributed by atoms with van der Waals surface area (Å²) in [5, 5.41) is 3.64. The molecule has 0 aliphatic carbocycles. The number of likely N-dealkylation sites (N-methyl/N-ethyl adjacent to an activating group) is 1. The minimum absolute atomic E-state index is 0.0139. The van der Waals surface area contributed by atoms with E-state index in [0.717, 1.165) is 25.9 Å². The van der Waals surface area contributed by atoms with E-state index in [1.54, 1.807) is 18.2 Å². The Morgan fingerprint density at radius 2 is 2.33 bits per heavy atom. The number of nitrogens with one attached hydrogen (secondary N) is 1. The molecule has 98 valence electrons. The minimum atomic E-state index is -0.0139. The quantitative estimate of drug-likeness (QED) is 0.803. The normalized spacial score (nSPS) is 19.9. The van der Waals surface area contributed by atoms with Crippen LogP contribution in [0.15, 0.2) is 18.2 Å². The molecule has 0 bridgehead atoms. The molecule has 1 aromatic carbocycles. The van der Waals surface area contributed by atoms with Crippen molar-refractivity contribution in [3.8, 4) is 0 Å². The number of nitrogen functional groups attached to an aromatic ring is 1. The zero-order valence-electron chi connectivity index (χ0n) is 10.4. The third-order valence-corrected chi connectivity index (χ3v) is 3.65. The first kappa shape index (κ1) is 13.2. The molecule has 1 amide bonds. The predicted molar refractivity (Wildman–Crippen MR) is 73.8 cm³/mol. The van der Waals surface area contributed by atoms with Gasteiger partial charge in [-0.1, -0.05) is 11.6 Å². The maximum atomic E-state index is 12.4. The Kier molecular flexibility index (Phi) is 4.09. The van der Waals surface area contributed by atoms with Crippen LogP contribution in [0.25, 0.3) is 0 Å². The van der Waals surface area contributed by atoms with Crippen LogP contribution in [0.4, 0.5) is 5.69 Å². The Morgan fingerprint density at radius 3 is 3.00 bits per heavy atom. The standard InChI is InChI=1S/C13H18ClN3O/c1-16-10-3-2-6-17(8-10)13(18)11-5-4-9(15)7-12(11)14/h4-5,7,10,16H,2-3,6,8,15H2,1H3. The largest absolute Gasteiger partial charge is 0.399 e. The van der Waals surface area contributed by atoms with Crippen molar-refractivity contribution in [1.82, 2.24) is 10.2 Å². The highest BCUT2D eigenvalue weighted by Crippen LogP contribution is 2.22. The lowest BCUT2D eigenvalue weighted by atomic mass is 10.0. The molecule has 0 radical (unpaired) electrons. The van der Waals surface area contributed by atoms with E-state index in [1.807, 2.05) is 11.9 Å². The molecule has 1 aliphatic heterocycles. The number of hydrogen-bond donors (Lipinski definition) is 2. The third-order valence-electron chi connectivity index (χ3n) is 3.34. The first-order chi connectivity index (χ1) is 8.61. The predicted octanol–water partition coefficient (Wildman–Crippen LogP) is 1.75. The van der Waals surface area contributed by atoms with Gasteiger partial charge in [0.1, 0.15) is 0 Å². The number of rotatable bonds is 2. The molecule has 1 aliphatic rings. The van der Waals surface area contributed by atoms with Crippen molar-refractivity contribution in [3.05, 3.63) is 28.8 Å². The molecule has 1 unspecified atom stereocenters. The van der Waals surface area contributed by atoms with Gasteiger partial charge in [0.15, 0.2) is 0 Å². The average molecular weight is 268 g/mol. The Bertz CT molecular complexity index is 450. The molecule has 5 heteroatoms.